The predicted octanol–water partition coefficient (Wildman–Crippen LogP) is 2.54. The van der Waals surface area contributed by atoms with Crippen LogP contribution in [0, 0.1) is 0 Å². The summed E-state index contributed by atoms with van der Waals surface area (Å²) in [5.41, 5.74) is -0.103. The molecule has 10 nitrogen and oxygen atoms in total. The number of hydrogen-bond acceptors (Lipinski definition) is 9. The van der Waals surface area contributed by atoms with Crippen LogP contribution in [0.3, 0.4) is 0 Å². The van der Waals surface area contributed by atoms with Crippen LogP contribution in [0.5, 0.6) is 5.75 Å². The molecule has 0 spiro atoms. The smallest absolute Gasteiger partial charge is 0.362 e. The number of carbonyl (C=O) groups is 2. The molecule has 1 aliphatic heterocycles. The van der Waals surface area contributed by atoms with E-state index in [9.17, 15) is 18.0 Å². The highest BCUT2D eigenvalue weighted by Crippen LogP contribution is 2.28. The lowest BCUT2D eigenvalue weighted by Gasteiger charge is -2.20. The maximum absolute atomic E-state index is 13.1. The molecule has 1 amide bonds. The third-order valence-corrected chi connectivity index (χ3v) is 7.34. The number of rotatable bonds is 7. The minimum Gasteiger partial charge on any atom is -0.496 e. The second kappa shape index (κ2) is 10.2. The highest BCUT2D eigenvalue weighted by atomic mass is 32.2. The van der Waals surface area contributed by atoms with Gasteiger partial charge in [-0.3, -0.25) is 4.79 Å². The van der Waals surface area contributed by atoms with Crippen molar-refractivity contribution in [2.75, 3.05) is 32.1 Å². The quantitative estimate of drug-likeness (QED) is 0.614. The lowest BCUT2D eigenvalue weighted by Crippen LogP contribution is -2.32. The molecule has 0 saturated carbocycles. The normalized spacial score (nSPS) is 15.2. The fourth-order valence-electron chi connectivity index (χ4n) is 3.23. The molecule has 2 aromatic rings. The molecule has 0 bridgehead atoms. The lowest BCUT2D eigenvalue weighted by molar-refractivity contribution is 0.0520. The number of nitrogens with one attached hydrogen (secondary N) is 1. The summed E-state index contributed by atoms with van der Waals surface area (Å²) >= 11 is 0.814. The van der Waals surface area contributed by atoms with Crippen molar-refractivity contribution in [2.24, 2.45) is 0 Å². The topological polar surface area (TPSA) is 128 Å². The van der Waals surface area contributed by atoms with Crippen molar-refractivity contribution in [1.82, 2.24) is 13.9 Å². The van der Waals surface area contributed by atoms with E-state index < -0.39 is 21.9 Å². The van der Waals surface area contributed by atoms with Crippen LogP contribution >= 0.6 is 11.5 Å². The van der Waals surface area contributed by atoms with E-state index in [4.69, 9.17) is 9.47 Å². The van der Waals surface area contributed by atoms with Gasteiger partial charge in [0.15, 0.2) is 5.00 Å². The van der Waals surface area contributed by atoms with Gasteiger partial charge in [-0.05, 0) is 38.0 Å². The summed E-state index contributed by atoms with van der Waals surface area (Å²) in [7, 11) is -2.37. The molecule has 2 heterocycles. The van der Waals surface area contributed by atoms with E-state index in [0.29, 0.717) is 13.1 Å². The zero-order valence-corrected chi connectivity index (χ0v) is 18.9. The number of amides is 1. The monoisotopic (exact) mass is 468 g/mol. The molecular weight excluding hydrogens is 444 g/mol. The van der Waals surface area contributed by atoms with E-state index in [0.717, 1.165) is 37.2 Å². The van der Waals surface area contributed by atoms with Crippen LogP contribution < -0.4 is 10.1 Å². The Morgan fingerprint density at radius 3 is 2.55 bits per heavy atom. The average molecular weight is 469 g/mol. The van der Waals surface area contributed by atoms with E-state index in [2.05, 4.69) is 14.9 Å². The molecule has 1 aromatic heterocycles. The summed E-state index contributed by atoms with van der Waals surface area (Å²) in [4.78, 5) is 24.9. The number of methoxy groups -OCH3 is 1. The van der Waals surface area contributed by atoms with Gasteiger partial charge in [0, 0.05) is 24.6 Å². The number of sulfonamides is 1. The number of aromatic nitrogens is 2. The van der Waals surface area contributed by atoms with Crippen molar-refractivity contribution >= 4 is 38.4 Å². The van der Waals surface area contributed by atoms with Crippen LogP contribution in [0.1, 0.15) is 53.5 Å². The molecule has 0 atom stereocenters. The first-order valence-electron chi connectivity index (χ1n) is 9.87. The van der Waals surface area contributed by atoms with Crippen LogP contribution in [0.2, 0.25) is 0 Å². The number of hydrogen-bond donors (Lipinski definition) is 1. The van der Waals surface area contributed by atoms with E-state index in [-0.39, 0.29) is 33.5 Å². The molecule has 1 aliphatic rings. The largest absolute Gasteiger partial charge is 0.496 e. The van der Waals surface area contributed by atoms with Crippen molar-refractivity contribution in [1.29, 1.82) is 0 Å². The first-order valence-corrected chi connectivity index (χ1v) is 12.1. The number of anilines is 1. The molecule has 31 heavy (non-hydrogen) atoms. The van der Waals surface area contributed by atoms with Crippen molar-refractivity contribution < 1.29 is 27.5 Å². The Morgan fingerprint density at radius 1 is 1.19 bits per heavy atom. The second-order valence-electron chi connectivity index (χ2n) is 6.81. The Labute approximate surface area is 184 Å². The molecule has 1 fully saturated rings. The van der Waals surface area contributed by atoms with E-state index in [1.165, 1.54) is 29.6 Å². The standard InChI is InChI=1S/C19H24N4O6S2/c1-3-29-19(25)16-18(30-22-21-16)20-17(24)14-12-13(8-9-15(14)28-2)31(26,27)23-10-6-4-5-7-11-23/h8-9,12H,3-7,10-11H2,1-2H3,(H,20,24). The Bertz CT molecular complexity index is 1050. The van der Waals surface area contributed by atoms with Gasteiger partial charge in [-0.2, -0.15) is 4.31 Å². The summed E-state index contributed by atoms with van der Waals surface area (Å²) < 4.78 is 41.5. The van der Waals surface area contributed by atoms with E-state index in [1.807, 2.05) is 0 Å². The Morgan fingerprint density at radius 2 is 1.90 bits per heavy atom. The van der Waals surface area contributed by atoms with Gasteiger partial charge in [-0.25, -0.2) is 13.2 Å². The average Bonchev–Trinajstić information content (AvgIpc) is 3.04. The Hall–Kier alpha value is -2.57. The van der Waals surface area contributed by atoms with Gasteiger partial charge >= 0.3 is 5.97 Å². The Kier molecular flexibility index (Phi) is 7.57. The molecule has 0 unspecified atom stereocenters. The van der Waals surface area contributed by atoms with Crippen molar-refractivity contribution in [3.05, 3.63) is 29.5 Å². The van der Waals surface area contributed by atoms with Crippen LogP contribution in [-0.4, -0.2) is 61.0 Å². The number of carbonyl (C=O) groups excluding carboxylic acids is 2. The van der Waals surface area contributed by atoms with Crippen LogP contribution in [0.25, 0.3) is 0 Å². The lowest BCUT2D eigenvalue weighted by atomic mass is 10.2. The van der Waals surface area contributed by atoms with Gasteiger partial charge < -0.3 is 14.8 Å². The second-order valence-corrected chi connectivity index (χ2v) is 9.50. The van der Waals surface area contributed by atoms with Crippen molar-refractivity contribution in [3.63, 3.8) is 0 Å². The molecule has 3 rings (SSSR count). The van der Waals surface area contributed by atoms with Crippen LogP contribution in [-0.2, 0) is 14.8 Å². The molecular formula is C19H24N4O6S2. The third-order valence-electron chi connectivity index (χ3n) is 4.80. The SMILES string of the molecule is CCOC(=O)c1nnsc1NC(=O)c1cc(S(=O)(=O)N2CCCCCC2)ccc1OC. The predicted molar refractivity (Wildman–Crippen MR) is 114 cm³/mol. The minimum absolute atomic E-state index is 0.00777. The van der Waals surface area contributed by atoms with Gasteiger partial charge in [0.05, 0.1) is 24.2 Å². The summed E-state index contributed by atoms with van der Waals surface area (Å²) in [5.74, 6) is -1.17. The van der Waals surface area contributed by atoms with Crippen LogP contribution in [0.15, 0.2) is 23.1 Å². The molecule has 0 radical (unpaired) electrons. The molecule has 12 heteroatoms. The van der Waals surface area contributed by atoms with Gasteiger partial charge in [0.1, 0.15) is 5.75 Å². The maximum Gasteiger partial charge on any atom is 0.362 e. The first kappa shape index (κ1) is 23.1. The number of benzene rings is 1. The van der Waals surface area contributed by atoms with Crippen LogP contribution in [0.4, 0.5) is 5.00 Å². The fourth-order valence-corrected chi connectivity index (χ4v) is 5.33. The zero-order valence-electron chi connectivity index (χ0n) is 17.3. The van der Waals surface area contributed by atoms with E-state index >= 15 is 0 Å². The number of ether oxygens (including phenoxy) is 2. The highest BCUT2D eigenvalue weighted by molar-refractivity contribution is 7.89. The van der Waals surface area contributed by atoms with E-state index in [1.54, 1.807) is 6.92 Å². The number of esters is 1. The molecule has 1 aromatic carbocycles. The van der Waals surface area contributed by atoms with Gasteiger partial charge in [-0.15, -0.1) is 5.10 Å². The Balaban J connectivity index is 1.90. The zero-order chi connectivity index (χ0) is 22.4. The van der Waals surface area contributed by atoms with Crippen molar-refractivity contribution in [3.8, 4) is 5.75 Å². The summed E-state index contributed by atoms with van der Waals surface area (Å²) in [5, 5.41) is 6.35. The first-order chi connectivity index (χ1) is 14.9. The fraction of sp³-hybridized carbons (Fsp3) is 0.474. The molecule has 1 N–H and O–H groups in total. The van der Waals surface area contributed by atoms with Crippen molar-refractivity contribution in [2.45, 2.75) is 37.5 Å². The van der Waals surface area contributed by atoms with Gasteiger partial charge in [0.2, 0.25) is 15.7 Å². The van der Waals surface area contributed by atoms with Gasteiger partial charge in [0.25, 0.3) is 5.91 Å². The maximum atomic E-state index is 13.1. The summed E-state index contributed by atoms with van der Waals surface area (Å²) in [6.45, 7) is 2.70. The summed E-state index contributed by atoms with van der Waals surface area (Å²) in [6.07, 6.45) is 3.59. The molecule has 1 saturated heterocycles. The summed E-state index contributed by atoms with van der Waals surface area (Å²) in [6, 6.07) is 4.15. The van der Waals surface area contributed by atoms with Gasteiger partial charge in [-0.1, -0.05) is 17.3 Å². The molecule has 168 valence electrons. The third kappa shape index (κ3) is 5.20. The number of nitrogens with zero attached hydrogens (tertiary/aromatic N) is 3. The molecule has 0 aliphatic carbocycles. The minimum atomic E-state index is -3.76. The highest BCUT2D eigenvalue weighted by Gasteiger charge is 2.28.